The van der Waals surface area contributed by atoms with Crippen LogP contribution in [0.15, 0.2) is 36.5 Å². The van der Waals surface area contributed by atoms with Crippen molar-refractivity contribution in [3.8, 4) is 5.69 Å². The molecule has 1 unspecified atom stereocenters. The number of aromatic nitrogens is 3. The zero-order valence-corrected chi connectivity index (χ0v) is 10.9. The van der Waals surface area contributed by atoms with Crippen molar-refractivity contribution < 1.29 is 9.90 Å². The van der Waals surface area contributed by atoms with Gasteiger partial charge in [0.15, 0.2) is 5.69 Å². The number of para-hydroxylation sites is 1. The molecule has 0 spiro atoms. The molecule has 1 aliphatic carbocycles. The van der Waals surface area contributed by atoms with Crippen LogP contribution in [-0.2, 0) is 0 Å². The summed E-state index contributed by atoms with van der Waals surface area (Å²) >= 11 is 0. The van der Waals surface area contributed by atoms with Crippen LogP contribution >= 0.6 is 0 Å². The predicted molar refractivity (Wildman–Crippen MR) is 72.4 cm³/mol. The molecule has 104 valence electrons. The van der Waals surface area contributed by atoms with E-state index in [2.05, 4.69) is 15.6 Å². The minimum atomic E-state index is -0.455. The SMILES string of the molecule is O=C(NCC(O)C1CC1)c1cn(-c2ccccc2)nn1. The Morgan fingerprint density at radius 1 is 1.40 bits per heavy atom. The van der Waals surface area contributed by atoms with Gasteiger partial charge in [0.2, 0.25) is 0 Å². The Hall–Kier alpha value is -2.21. The highest BCUT2D eigenvalue weighted by Crippen LogP contribution is 2.32. The minimum absolute atomic E-state index is 0.247. The number of aliphatic hydroxyl groups excluding tert-OH is 1. The Balaban J connectivity index is 1.62. The van der Waals surface area contributed by atoms with Crippen LogP contribution in [0.4, 0.5) is 0 Å². The van der Waals surface area contributed by atoms with Crippen molar-refractivity contribution in [2.75, 3.05) is 6.54 Å². The van der Waals surface area contributed by atoms with Gasteiger partial charge in [0.1, 0.15) is 0 Å². The lowest BCUT2D eigenvalue weighted by atomic mass is 10.2. The van der Waals surface area contributed by atoms with E-state index >= 15 is 0 Å². The number of rotatable bonds is 5. The van der Waals surface area contributed by atoms with E-state index in [0.717, 1.165) is 18.5 Å². The second-order valence-electron chi connectivity index (χ2n) is 5.00. The van der Waals surface area contributed by atoms with Gasteiger partial charge >= 0.3 is 0 Å². The van der Waals surface area contributed by atoms with Crippen LogP contribution in [0.3, 0.4) is 0 Å². The first-order valence-electron chi connectivity index (χ1n) is 6.68. The van der Waals surface area contributed by atoms with E-state index in [1.54, 1.807) is 10.9 Å². The highest BCUT2D eigenvalue weighted by atomic mass is 16.3. The topological polar surface area (TPSA) is 80.0 Å². The fraction of sp³-hybridized carbons (Fsp3) is 0.357. The smallest absolute Gasteiger partial charge is 0.273 e. The molecule has 1 aromatic carbocycles. The first-order valence-corrected chi connectivity index (χ1v) is 6.68. The van der Waals surface area contributed by atoms with E-state index in [-0.39, 0.29) is 18.1 Å². The maximum Gasteiger partial charge on any atom is 0.273 e. The van der Waals surface area contributed by atoms with Gasteiger partial charge < -0.3 is 10.4 Å². The molecular weight excluding hydrogens is 256 g/mol. The first kappa shape index (κ1) is 12.8. The predicted octanol–water partition coefficient (Wildman–Crippen LogP) is 0.768. The van der Waals surface area contributed by atoms with Gasteiger partial charge in [-0.15, -0.1) is 5.10 Å². The molecule has 0 aliphatic heterocycles. The molecule has 20 heavy (non-hydrogen) atoms. The van der Waals surface area contributed by atoms with Crippen LogP contribution in [0.25, 0.3) is 5.69 Å². The van der Waals surface area contributed by atoms with Crippen molar-refractivity contribution in [1.29, 1.82) is 0 Å². The molecule has 2 N–H and O–H groups in total. The van der Waals surface area contributed by atoms with Crippen molar-refractivity contribution in [2.45, 2.75) is 18.9 Å². The highest BCUT2D eigenvalue weighted by molar-refractivity contribution is 5.91. The summed E-state index contributed by atoms with van der Waals surface area (Å²) in [4.78, 5) is 11.9. The van der Waals surface area contributed by atoms with E-state index in [4.69, 9.17) is 0 Å². The number of amides is 1. The molecule has 1 aromatic heterocycles. The highest BCUT2D eigenvalue weighted by Gasteiger charge is 2.29. The molecule has 1 aliphatic rings. The third kappa shape index (κ3) is 2.85. The van der Waals surface area contributed by atoms with Gasteiger partial charge in [0.25, 0.3) is 5.91 Å². The molecule has 1 amide bonds. The lowest BCUT2D eigenvalue weighted by Gasteiger charge is -2.09. The molecule has 0 bridgehead atoms. The Bertz CT molecular complexity index is 592. The molecular formula is C14H16N4O2. The second kappa shape index (κ2) is 5.42. The quantitative estimate of drug-likeness (QED) is 0.842. The fourth-order valence-corrected chi connectivity index (χ4v) is 2.01. The third-order valence-corrected chi connectivity index (χ3v) is 3.38. The number of hydrogen-bond donors (Lipinski definition) is 2. The summed E-state index contributed by atoms with van der Waals surface area (Å²) in [6.07, 6.45) is 3.21. The summed E-state index contributed by atoms with van der Waals surface area (Å²) in [5.41, 5.74) is 1.09. The van der Waals surface area contributed by atoms with Crippen molar-refractivity contribution in [3.63, 3.8) is 0 Å². The molecule has 2 aromatic rings. The standard InChI is InChI=1S/C14H16N4O2/c19-13(10-6-7-10)8-15-14(20)12-9-18(17-16-12)11-4-2-1-3-5-11/h1-5,9-10,13,19H,6-8H2,(H,15,20). The van der Waals surface area contributed by atoms with E-state index in [1.165, 1.54) is 0 Å². The number of nitrogens with zero attached hydrogens (tertiary/aromatic N) is 3. The molecule has 0 saturated heterocycles. The van der Waals surface area contributed by atoms with Crippen molar-refractivity contribution in [2.24, 2.45) is 5.92 Å². The van der Waals surface area contributed by atoms with Crippen LogP contribution in [0.2, 0.25) is 0 Å². The Labute approximate surface area is 116 Å². The number of nitrogens with one attached hydrogen (secondary N) is 1. The van der Waals surface area contributed by atoms with Crippen molar-refractivity contribution in [3.05, 3.63) is 42.2 Å². The number of aliphatic hydroxyl groups is 1. The van der Waals surface area contributed by atoms with Crippen molar-refractivity contribution >= 4 is 5.91 Å². The summed E-state index contributed by atoms with van der Waals surface area (Å²) in [7, 11) is 0. The Morgan fingerprint density at radius 2 is 2.15 bits per heavy atom. The third-order valence-electron chi connectivity index (χ3n) is 3.38. The summed E-state index contributed by atoms with van der Waals surface area (Å²) in [6.45, 7) is 0.266. The van der Waals surface area contributed by atoms with Gasteiger partial charge in [-0.2, -0.15) is 0 Å². The molecule has 1 heterocycles. The zero-order valence-electron chi connectivity index (χ0n) is 10.9. The summed E-state index contributed by atoms with van der Waals surface area (Å²) in [5, 5.41) is 20.2. The monoisotopic (exact) mass is 272 g/mol. The van der Waals surface area contributed by atoms with Crippen LogP contribution < -0.4 is 5.32 Å². The number of hydrogen-bond acceptors (Lipinski definition) is 4. The zero-order chi connectivity index (χ0) is 13.9. The number of carbonyl (C=O) groups excluding carboxylic acids is 1. The van der Waals surface area contributed by atoms with E-state index < -0.39 is 6.10 Å². The summed E-state index contributed by atoms with van der Waals surface area (Å²) in [5.74, 6) is 0.0298. The van der Waals surface area contributed by atoms with Gasteiger partial charge in [-0.25, -0.2) is 4.68 Å². The fourth-order valence-electron chi connectivity index (χ4n) is 2.01. The summed E-state index contributed by atoms with van der Waals surface area (Å²) < 4.78 is 1.55. The minimum Gasteiger partial charge on any atom is -0.391 e. The second-order valence-corrected chi connectivity index (χ2v) is 5.00. The molecule has 0 radical (unpaired) electrons. The number of carbonyl (C=O) groups is 1. The normalized spacial score (nSPS) is 15.8. The lowest BCUT2D eigenvalue weighted by molar-refractivity contribution is 0.0896. The van der Waals surface area contributed by atoms with Gasteiger partial charge in [0.05, 0.1) is 18.0 Å². The largest absolute Gasteiger partial charge is 0.391 e. The van der Waals surface area contributed by atoms with E-state index in [0.29, 0.717) is 5.92 Å². The molecule has 6 heteroatoms. The maximum absolute atomic E-state index is 11.9. The van der Waals surface area contributed by atoms with Crippen LogP contribution in [0, 0.1) is 5.92 Å². The average Bonchev–Trinajstić information content (AvgIpc) is 3.22. The van der Waals surface area contributed by atoms with Crippen LogP contribution in [0.5, 0.6) is 0 Å². The van der Waals surface area contributed by atoms with Crippen LogP contribution in [-0.4, -0.2) is 38.7 Å². The van der Waals surface area contributed by atoms with Gasteiger partial charge in [-0.05, 0) is 30.9 Å². The molecule has 3 rings (SSSR count). The van der Waals surface area contributed by atoms with E-state index in [9.17, 15) is 9.90 Å². The first-order chi connectivity index (χ1) is 9.74. The summed E-state index contributed by atoms with van der Waals surface area (Å²) in [6, 6.07) is 9.46. The van der Waals surface area contributed by atoms with Crippen LogP contribution in [0.1, 0.15) is 23.3 Å². The van der Waals surface area contributed by atoms with Gasteiger partial charge in [0, 0.05) is 6.54 Å². The molecule has 1 atom stereocenters. The molecule has 6 nitrogen and oxygen atoms in total. The molecule has 1 saturated carbocycles. The van der Waals surface area contributed by atoms with E-state index in [1.807, 2.05) is 30.3 Å². The Kier molecular flexibility index (Phi) is 3.47. The molecule has 1 fully saturated rings. The van der Waals surface area contributed by atoms with Gasteiger partial charge in [-0.3, -0.25) is 4.79 Å². The average molecular weight is 272 g/mol. The van der Waals surface area contributed by atoms with Gasteiger partial charge in [-0.1, -0.05) is 23.4 Å². The Morgan fingerprint density at radius 3 is 2.85 bits per heavy atom. The van der Waals surface area contributed by atoms with Crippen molar-refractivity contribution in [1.82, 2.24) is 20.3 Å². The maximum atomic E-state index is 11.9. The lowest BCUT2D eigenvalue weighted by Crippen LogP contribution is -2.33. The number of benzene rings is 1.